The number of esters is 4. The van der Waals surface area contributed by atoms with E-state index < -0.39 is 0 Å². The first-order valence-electron chi connectivity index (χ1n) is 16.4. The summed E-state index contributed by atoms with van der Waals surface area (Å²) in [4.78, 5) is 56.7. The molecule has 1 rings (SSSR count). The molecule has 0 spiro atoms. The summed E-state index contributed by atoms with van der Waals surface area (Å²) in [5, 5.41) is 0. The van der Waals surface area contributed by atoms with Crippen LogP contribution in [0.3, 0.4) is 0 Å². The summed E-state index contributed by atoms with van der Waals surface area (Å²) >= 11 is 0. The SMILES string of the molecule is CCC(C)N(CCN(CCC(=O)OC)CCC(=O)OC)CCN(CCN(CCC(=O)OC)CCC(=O)OC)C1CCCCC1. The number of carbonyl (C=O) groups is 4. The standard InChI is InChI=1S/C32H60N4O8/c1-7-27(2)35(23-21-33(17-13-29(37)41-3)18-14-30(38)42-4)25-26-36(28-11-9-8-10-12-28)24-22-34(19-15-31(39)43-5)20-16-32(40)44-6/h27-28H,7-26H2,1-6H3. The van der Waals surface area contributed by atoms with Crippen molar-refractivity contribution in [1.29, 1.82) is 0 Å². The van der Waals surface area contributed by atoms with Crippen LogP contribution in [0.15, 0.2) is 0 Å². The molecule has 256 valence electrons. The second kappa shape index (κ2) is 24.0. The molecule has 1 aliphatic rings. The Labute approximate surface area is 265 Å². The van der Waals surface area contributed by atoms with Gasteiger partial charge in [-0.25, -0.2) is 0 Å². The van der Waals surface area contributed by atoms with Gasteiger partial charge in [-0.3, -0.25) is 29.0 Å². The average molecular weight is 629 g/mol. The van der Waals surface area contributed by atoms with E-state index in [1.165, 1.54) is 60.5 Å². The quantitative estimate of drug-likeness (QED) is 0.116. The zero-order chi connectivity index (χ0) is 32.7. The van der Waals surface area contributed by atoms with E-state index in [0.717, 1.165) is 45.7 Å². The summed E-state index contributed by atoms with van der Waals surface area (Å²) in [5.74, 6) is -1.04. The maximum Gasteiger partial charge on any atom is 0.306 e. The first-order valence-corrected chi connectivity index (χ1v) is 16.4. The van der Waals surface area contributed by atoms with Crippen LogP contribution >= 0.6 is 0 Å². The van der Waals surface area contributed by atoms with E-state index in [2.05, 4.69) is 33.4 Å². The van der Waals surface area contributed by atoms with Crippen molar-refractivity contribution in [2.24, 2.45) is 0 Å². The van der Waals surface area contributed by atoms with Gasteiger partial charge in [0, 0.05) is 77.5 Å². The Morgan fingerprint density at radius 1 is 0.568 bits per heavy atom. The second-order valence-electron chi connectivity index (χ2n) is 11.6. The molecule has 0 aromatic carbocycles. The van der Waals surface area contributed by atoms with Crippen molar-refractivity contribution in [1.82, 2.24) is 19.6 Å². The number of ether oxygens (including phenoxy) is 4. The van der Waals surface area contributed by atoms with E-state index in [1.54, 1.807) is 0 Å². The Hall–Kier alpha value is -2.28. The van der Waals surface area contributed by atoms with E-state index in [-0.39, 0.29) is 49.6 Å². The highest BCUT2D eigenvalue weighted by Crippen LogP contribution is 2.23. The van der Waals surface area contributed by atoms with Crippen LogP contribution in [0.1, 0.15) is 78.1 Å². The molecule has 0 saturated heterocycles. The van der Waals surface area contributed by atoms with E-state index in [4.69, 9.17) is 18.9 Å². The molecule has 1 atom stereocenters. The van der Waals surface area contributed by atoms with Crippen LogP contribution in [0.4, 0.5) is 0 Å². The van der Waals surface area contributed by atoms with Gasteiger partial charge in [-0.15, -0.1) is 0 Å². The molecule has 12 heteroatoms. The lowest BCUT2D eigenvalue weighted by atomic mass is 9.94. The summed E-state index contributed by atoms with van der Waals surface area (Å²) in [6.07, 6.45) is 8.25. The summed E-state index contributed by atoms with van der Waals surface area (Å²) in [6.45, 7) is 11.5. The van der Waals surface area contributed by atoms with Crippen molar-refractivity contribution in [3.8, 4) is 0 Å². The van der Waals surface area contributed by atoms with Crippen molar-refractivity contribution in [2.45, 2.75) is 90.1 Å². The Bertz CT molecular complexity index is 784. The second-order valence-corrected chi connectivity index (χ2v) is 11.6. The maximum atomic E-state index is 11.8. The summed E-state index contributed by atoms with van der Waals surface area (Å²) < 4.78 is 19.4. The molecule has 0 N–H and O–H groups in total. The molecule has 0 amide bonds. The van der Waals surface area contributed by atoms with E-state index >= 15 is 0 Å². The van der Waals surface area contributed by atoms with Crippen LogP contribution in [0, 0.1) is 0 Å². The van der Waals surface area contributed by atoms with Crippen molar-refractivity contribution in [3.05, 3.63) is 0 Å². The summed E-state index contributed by atoms with van der Waals surface area (Å²) in [6, 6.07) is 0.894. The van der Waals surface area contributed by atoms with Gasteiger partial charge >= 0.3 is 23.9 Å². The number of hydrogen-bond acceptors (Lipinski definition) is 12. The van der Waals surface area contributed by atoms with Crippen LogP contribution in [-0.2, 0) is 38.1 Å². The van der Waals surface area contributed by atoms with Gasteiger partial charge in [-0.05, 0) is 26.2 Å². The van der Waals surface area contributed by atoms with Gasteiger partial charge in [0.05, 0.1) is 54.1 Å². The van der Waals surface area contributed by atoms with Crippen LogP contribution < -0.4 is 0 Å². The van der Waals surface area contributed by atoms with E-state index in [9.17, 15) is 19.2 Å². The Kier molecular flexibility index (Phi) is 21.7. The van der Waals surface area contributed by atoms with Gasteiger partial charge in [-0.1, -0.05) is 26.2 Å². The molecule has 0 heterocycles. The molecule has 1 saturated carbocycles. The van der Waals surface area contributed by atoms with E-state index in [0.29, 0.717) is 38.3 Å². The zero-order valence-corrected chi connectivity index (χ0v) is 28.4. The Balaban J connectivity index is 2.93. The number of rotatable bonds is 24. The molecular formula is C32H60N4O8. The molecule has 1 unspecified atom stereocenters. The fraction of sp³-hybridized carbons (Fsp3) is 0.875. The zero-order valence-electron chi connectivity index (χ0n) is 28.4. The van der Waals surface area contributed by atoms with Crippen LogP contribution in [0.5, 0.6) is 0 Å². The predicted molar refractivity (Wildman–Crippen MR) is 169 cm³/mol. The topological polar surface area (TPSA) is 118 Å². The first kappa shape index (κ1) is 39.7. The maximum absolute atomic E-state index is 11.8. The highest BCUT2D eigenvalue weighted by molar-refractivity contribution is 5.70. The fourth-order valence-electron chi connectivity index (χ4n) is 5.61. The lowest BCUT2D eigenvalue weighted by Gasteiger charge is -2.38. The normalized spacial score (nSPS) is 14.7. The van der Waals surface area contributed by atoms with Crippen molar-refractivity contribution in [2.75, 3.05) is 93.9 Å². The van der Waals surface area contributed by atoms with Gasteiger partial charge in [0.2, 0.25) is 0 Å². The third-order valence-corrected chi connectivity index (χ3v) is 8.83. The number of nitrogens with zero attached hydrogens (tertiary/aromatic N) is 4. The van der Waals surface area contributed by atoms with Crippen LogP contribution in [0.2, 0.25) is 0 Å². The monoisotopic (exact) mass is 628 g/mol. The molecule has 0 radical (unpaired) electrons. The summed E-state index contributed by atoms with van der Waals surface area (Å²) in [5.41, 5.74) is 0. The minimum Gasteiger partial charge on any atom is -0.469 e. The predicted octanol–water partition coefficient (Wildman–Crippen LogP) is 2.58. The third kappa shape index (κ3) is 17.3. The highest BCUT2D eigenvalue weighted by atomic mass is 16.5. The first-order chi connectivity index (χ1) is 21.2. The molecule has 12 nitrogen and oxygen atoms in total. The number of hydrogen-bond donors (Lipinski definition) is 0. The van der Waals surface area contributed by atoms with Gasteiger partial charge < -0.3 is 28.7 Å². The van der Waals surface area contributed by atoms with E-state index in [1.807, 2.05) is 0 Å². The minimum absolute atomic E-state index is 0.256. The molecule has 1 aliphatic carbocycles. The van der Waals surface area contributed by atoms with Gasteiger partial charge in [0.25, 0.3) is 0 Å². The van der Waals surface area contributed by atoms with Crippen molar-refractivity contribution in [3.63, 3.8) is 0 Å². The van der Waals surface area contributed by atoms with Gasteiger partial charge in [-0.2, -0.15) is 0 Å². The Morgan fingerprint density at radius 2 is 0.932 bits per heavy atom. The lowest BCUT2D eigenvalue weighted by molar-refractivity contribution is -0.142. The molecule has 44 heavy (non-hydrogen) atoms. The molecule has 1 fully saturated rings. The minimum atomic E-state index is -0.262. The highest BCUT2D eigenvalue weighted by Gasteiger charge is 2.24. The third-order valence-electron chi connectivity index (χ3n) is 8.83. The molecule has 0 aromatic rings. The number of carbonyl (C=O) groups excluding carboxylic acids is 4. The molecule has 0 bridgehead atoms. The van der Waals surface area contributed by atoms with Crippen LogP contribution in [-0.4, -0.2) is 149 Å². The van der Waals surface area contributed by atoms with Crippen LogP contribution in [0.25, 0.3) is 0 Å². The number of methoxy groups -OCH3 is 4. The fourth-order valence-corrected chi connectivity index (χ4v) is 5.61. The van der Waals surface area contributed by atoms with Crippen molar-refractivity contribution < 1.29 is 38.1 Å². The summed E-state index contributed by atoms with van der Waals surface area (Å²) in [7, 11) is 5.57. The molecule has 0 aromatic heterocycles. The largest absolute Gasteiger partial charge is 0.469 e. The molecular weight excluding hydrogens is 568 g/mol. The van der Waals surface area contributed by atoms with Crippen molar-refractivity contribution >= 4 is 23.9 Å². The Morgan fingerprint density at radius 3 is 1.32 bits per heavy atom. The smallest absolute Gasteiger partial charge is 0.306 e. The molecule has 0 aliphatic heterocycles. The average Bonchev–Trinajstić information content (AvgIpc) is 3.06. The van der Waals surface area contributed by atoms with Gasteiger partial charge in [0.1, 0.15) is 0 Å². The lowest BCUT2D eigenvalue weighted by Crippen LogP contribution is -2.48. The van der Waals surface area contributed by atoms with Gasteiger partial charge in [0.15, 0.2) is 0 Å².